The van der Waals surface area contributed by atoms with Gasteiger partial charge in [-0.2, -0.15) is 13.2 Å². The average molecular weight is 432 g/mol. The van der Waals surface area contributed by atoms with Crippen molar-refractivity contribution in [1.29, 1.82) is 0 Å². The van der Waals surface area contributed by atoms with Crippen LogP contribution in [0, 0.1) is 0 Å². The van der Waals surface area contributed by atoms with Gasteiger partial charge in [-0.15, -0.1) is 0 Å². The number of halogens is 4. The Morgan fingerprint density at radius 2 is 2.00 bits per heavy atom. The molecule has 0 aliphatic heterocycles. The van der Waals surface area contributed by atoms with E-state index in [1.807, 2.05) is 0 Å². The number of ether oxygens (including phenoxy) is 1. The van der Waals surface area contributed by atoms with Crippen molar-refractivity contribution in [1.82, 2.24) is 5.32 Å². The first-order valence-corrected chi connectivity index (χ1v) is 8.96. The fraction of sp³-hybridized carbons (Fsp3) is 0.316. The van der Waals surface area contributed by atoms with Gasteiger partial charge >= 0.3 is 6.18 Å². The number of nitrogens with zero attached hydrogens (tertiary/aromatic N) is 1. The highest BCUT2D eigenvalue weighted by atomic mass is 35.5. The highest BCUT2D eigenvalue weighted by Crippen LogP contribution is 2.33. The first kappa shape index (κ1) is 22.8. The molecule has 0 heterocycles. The van der Waals surface area contributed by atoms with Crippen molar-refractivity contribution in [3.63, 3.8) is 0 Å². The summed E-state index contributed by atoms with van der Waals surface area (Å²) >= 11 is 6.05. The maximum absolute atomic E-state index is 13.1. The maximum atomic E-state index is 13.1. The predicted octanol–water partition coefficient (Wildman–Crippen LogP) is 3.01. The number of nitrogens with one attached hydrogen (secondary N) is 1. The lowest BCUT2D eigenvalue weighted by atomic mass is 10.1. The minimum Gasteiger partial charge on any atom is -0.495 e. The number of benzene rings is 2. The number of aliphatic hydroxyl groups excluding tert-OH is 1. The summed E-state index contributed by atoms with van der Waals surface area (Å²) in [5.41, 5.74) is 5.31. The molecule has 6 nitrogen and oxygen atoms in total. The average Bonchev–Trinajstić information content (AvgIpc) is 2.69. The lowest BCUT2D eigenvalue weighted by Gasteiger charge is -2.25. The first-order valence-electron chi connectivity index (χ1n) is 8.59. The molecule has 2 rings (SSSR count). The fourth-order valence-corrected chi connectivity index (χ4v) is 2.98. The molecule has 0 radical (unpaired) electrons. The third-order valence-corrected chi connectivity index (χ3v) is 4.46. The Morgan fingerprint density at radius 1 is 1.28 bits per heavy atom. The van der Waals surface area contributed by atoms with Gasteiger partial charge in [-0.3, -0.25) is 4.79 Å². The van der Waals surface area contributed by atoms with Crippen LogP contribution in [-0.4, -0.2) is 37.9 Å². The summed E-state index contributed by atoms with van der Waals surface area (Å²) in [4.78, 5) is 14.1. The number of hydrogen-bond donors (Lipinski definition) is 3. The van der Waals surface area contributed by atoms with Crippen molar-refractivity contribution < 1.29 is 27.8 Å². The van der Waals surface area contributed by atoms with E-state index in [4.69, 9.17) is 27.2 Å². The van der Waals surface area contributed by atoms with Crippen LogP contribution in [0.1, 0.15) is 21.5 Å². The van der Waals surface area contributed by atoms with Gasteiger partial charge in [0.05, 0.1) is 42.2 Å². The normalized spacial score (nSPS) is 11.3. The number of rotatable bonds is 8. The molecule has 0 fully saturated rings. The van der Waals surface area contributed by atoms with Crippen LogP contribution in [0.25, 0.3) is 0 Å². The monoisotopic (exact) mass is 431 g/mol. The topological polar surface area (TPSA) is 87.8 Å². The van der Waals surface area contributed by atoms with Gasteiger partial charge in [0, 0.05) is 13.1 Å². The first-order chi connectivity index (χ1) is 13.7. The molecule has 0 aliphatic carbocycles. The molecule has 0 spiro atoms. The number of aliphatic hydroxyl groups is 1. The summed E-state index contributed by atoms with van der Waals surface area (Å²) in [6, 6.07) is 7.70. The van der Waals surface area contributed by atoms with E-state index < -0.39 is 17.6 Å². The Bertz CT molecular complexity index is 862. The molecule has 10 heteroatoms. The summed E-state index contributed by atoms with van der Waals surface area (Å²) in [6.07, 6.45) is -4.61. The van der Waals surface area contributed by atoms with E-state index in [0.29, 0.717) is 16.3 Å². The summed E-state index contributed by atoms with van der Waals surface area (Å²) in [7, 11) is 1.47. The molecule has 1 amide bonds. The van der Waals surface area contributed by atoms with E-state index in [1.165, 1.54) is 18.1 Å². The molecule has 2 aromatic rings. The molecule has 158 valence electrons. The number of nitrogens with two attached hydrogens (primary N) is 1. The number of alkyl halides is 3. The fourth-order valence-electron chi connectivity index (χ4n) is 2.70. The van der Waals surface area contributed by atoms with Crippen molar-refractivity contribution in [3.05, 3.63) is 58.1 Å². The molecule has 2 aromatic carbocycles. The molecule has 29 heavy (non-hydrogen) atoms. The molecule has 0 atom stereocenters. The minimum absolute atomic E-state index is 0.0425. The Hall–Kier alpha value is -2.49. The van der Waals surface area contributed by atoms with Crippen LogP contribution in [0.2, 0.25) is 5.02 Å². The Morgan fingerprint density at radius 3 is 2.55 bits per heavy atom. The second-order valence-corrected chi connectivity index (χ2v) is 6.46. The Kier molecular flexibility index (Phi) is 7.72. The second-order valence-electron chi connectivity index (χ2n) is 6.05. The molecule has 0 bridgehead atoms. The molecule has 0 saturated heterocycles. The van der Waals surface area contributed by atoms with Crippen LogP contribution in [0.15, 0.2) is 36.4 Å². The summed E-state index contributed by atoms with van der Waals surface area (Å²) in [6.45, 7) is -0.249. The zero-order valence-electron chi connectivity index (χ0n) is 15.6. The van der Waals surface area contributed by atoms with E-state index in [9.17, 15) is 18.0 Å². The van der Waals surface area contributed by atoms with Gasteiger partial charge in [-0.25, -0.2) is 0 Å². The molecule has 4 N–H and O–H groups in total. The van der Waals surface area contributed by atoms with Crippen molar-refractivity contribution in [2.24, 2.45) is 5.73 Å². The van der Waals surface area contributed by atoms with Crippen LogP contribution in [0.4, 0.5) is 18.9 Å². The molecule has 0 aromatic heterocycles. The van der Waals surface area contributed by atoms with E-state index in [2.05, 4.69) is 5.32 Å². The summed E-state index contributed by atoms with van der Waals surface area (Å²) in [5, 5.41) is 12.1. The summed E-state index contributed by atoms with van der Waals surface area (Å²) < 4.78 is 44.4. The highest BCUT2D eigenvalue weighted by molar-refractivity contribution is 6.32. The molecule has 0 unspecified atom stereocenters. The lowest BCUT2D eigenvalue weighted by molar-refractivity contribution is -0.137. The highest BCUT2D eigenvalue weighted by Gasteiger charge is 2.32. The van der Waals surface area contributed by atoms with Gasteiger partial charge in [0.1, 0.15) is 5.75 Å². The predicted molar refractivity (Wildman–Crippen MR) is 104 cm³/mol. The SMILES string of the molecule is COc1ccc(CNC(=O)c2cc(C(F)(F)F)ccc2N(CN)CCO)cc1Cl. The molecular weight excluding hydrogens is 411 g/mol. The second kappa shape index (κ2) is 9.82. The minimum atomic E-state index is -4.61. The number of anilines is 1. The number of carbonyl (C=O) groups is 1. The number of carbonyl (C=O) groups excluding carboxylic acids is 1. The zero-order chi connectivity index (χ0) is 21.6. The van der Waals surface area contributed by atoms with Gasteiger partial charge < -0.3 is 25.8 Å². The number of amides is 1. The van der Waals surface area contributed by atoms with Crippen molar-refractivity contribution in [2.45, 2.75) is 12.7 Å². The van der Waals surface area contributed by atoms with Crippen LogP contribution in [-0.2, 0) is 12.7 Å². The van der Waals surface area contributed by atoms with Gasteiger partial charge in [0.15, 0.2) is 0 Å². The quantitative estimate of drug-likeness (QED) is 0.559. The third kappa shape index (κ3) is 5.75. The van der Waals surface area contributed by atoms with Crippen LogP contribution >= 0.6 is 11.6 Å². The summed E-state index contributed by atoms with van der Waals surface area (Å²) in [5.74, 6) is -0.251. The molecule has 0 aliphatic rings. The largest absolute Gasteiger partial charge is 0.495 e. The zero-order valence-corrected chi connectivity index (χ0v) is 16.3. The van der Waals surface area contributed by atoms with E-state index in [1.54, 1.807) is 18.2 Å². The van der Waals surface area contributed by atoms with Crippen LogP contribution in [0.3, 0.4) is 0 Å². The number of hydrogen-bond acceptors (Lipinski definition) is 5. The van der Waals surface area contributed by atoms with Gasteiger partial charge in [-0.1, -0.05) is 17.7 Å². The standard InChI is InChI=1S/C19H21ClF3N3O3/c1-29-17-5-2-12(8-15(17)20)10-25-18(28)14-9-13(19(21,22)23)3-4-16(14)26(11-24)6-7-27/h2-5,8-9,27H,6-7,10-11,24H2,1H3,(H,25,28). The van der Waals surface area contributed by atoms with E-state index in [-0.39, 0.29) is 37.6 Å². The molecule has 0 saturated carbocycles. The maximum Gasteiger partial charge on any atom is 0.416 e. The van der Waals surface area contributed by atoms with Gasteiger partial charge in [0.25, 0.3) is 5.91 Å². The van der Waals surface area contributed by atoms with Gasteiger partial charge in [-0.05, 0) is 35.9 Å². The number of methoxy groups -OCH3 is 1. The van der Waals surface area contributed by atoms with E-state index in [0.717, 1.165) is 12.1 Å². The molecular formula is C19H21ClF3N3O3. The van der Waals surface area contributed by atoms with Crippen molar-refractivity contribution >= 4 is 23.2 Å². The third-order valence-electron chi connectivity index (χ3n) is 4.17. The van der Waals surface area contributed by atoms with Crippen molar-refractivity contribution in [2.75, 3.05) is 31.8 Å². The smallest absolute Gasteiger partial charge is 0.416 e. The van der Waals surface area contributed by atoms with Crippen molar-refractivity contribution in [3.8, 4) is 5.75 Å². The lowest BCUT2D eigenvalue weighted by Crippen LogP contribution is -2.35. The van der Waals surface area contributed by atoms with Gasteiger partial charge in [0.2, 0.25) is 0 Å². The van der Waals surface area contributed by atoms with E-state index >= 15 is 0 Å². The Balaban J connectivity index is 2.31. The van der Waals surface area contributed by atoms with Crippen LogP contribution in [0.5, 0.6) is 5.75 Å². The Labute approximate surface area is 171 Å². The van der Waals surface area contributed by atoms with Crippen LogP contribution < -0.4 is 20.7 Å².